The molecule has 11 heavy (non-hydrogen) atoms. The first kappa shape index (κ1) is 10.4. The highest BCUT2D eigenvalue weighted by Gasteiger charge is 2.13. The molecule has 0 radical (unpaired) electrons. The second kappa shape index (κ2) is 5.08. The summed E-state index contributed by atoms with van der Waals surface area (Å²) in [6, 6.07) is -0.0370. The molecule has 0 fully saturated rings. The van der Waals surface area contributed by atoms with Gasteiger partial charge in [0.25, 0.3) is 0 Å². The zero-order valence-electron chi connectivity index (χ0n) is 7.79. The van der Waals surface area contributed by atoms with Gasteiger partial charge in [-0.15, -0.1) is 0 Å². The van der Waals surface area contributed by atoms with E-state index in [-0.39, 0.29) is 11.8 Å². The first-order valence-corrected chi connectivity index (χ1v) is 3.97. The van der Waals surface area contributed by atoms with Gasteiger partial charge in [0, 0.05) is 0 Å². The Hall–Kier alpha value is -0.630. The first-order chi connectivity index (χ1) is 5.13. The highest BCUT2D eigenvalue weighted by molar-refractivity contribution is 5.83. The molecule has 64 valence electrons. The van der Waals surface area contributed by atoms with E-state index in [1.807, 2.05) is 37.9 Å². The fraction of sp³-hybridized carbons (Fsp3) is 0.667. The lowest BCUT2D eigenvalue weighted by molar-refractivity contribution is -0.120. The number of Topliss-reactive ketones (excluding diaryl/α,β-unsaturated/α-hetero) is 1. The van der Waals surface area contributed by atoms with Crippen molar-refractivity contribution < 1.29 is 4.79 Å². The lowest BCUT2D eigenvalue weighted by atomic mass is 10.1. The summed E-state index contributed by atoms with van der Waals surface area (Å²) in [4.78, 5) is 13.1. The van der Waals surface area contributed by atoms with Crippen LogP contribution in [0.15, 0.2) is 12.2 Å². The van der Waals surface area contributed by atoms with Gasteiger partial charge in [-0.1, -0.05) is 19.1 Å². The normalized spacial score (nSPS) is 14.3. The average Bonchev–Trinajstić information content (AvgIpc) is 1.98. The Bertz CT molecular complexity index is 152. The second-order valence-corrected chi connectivity index (χ2v) is 2.65. The van der Waals surface area contributed by atoms with Crippen LogP contribution in [-0.2, 0) is 4.79 Å². The van der Waals surface area contributed by atoms with Gasteiger partial charge in [0.15, 0.2) is 5.78 Å². The molecule has 0 heterocycles. The van der Waals surface area contributed by atoms with Crippen molar-refractivity contribution >= 4 is 5.78 Å². The molecule has 0 aromatic heterocycles. The Morgan fingerprint density at radius 2 is 2.18 bits per heavy atom. The van der Waals surface area contributed by atoms with Gasteiger partial charge in [-0.25, -0.2) is 0 Å². The maximum atomic E-state index is 11.0. The fourth-order valence-corrected chi connectivity index (χ4v) is 0.972. The standard InChI is InChI=1S/C9H17NO/c1-5-7-9(8(3)11)10(4)6-2/h5,7,9H,6H2,1-4H3/b7-5-. The molecular formula is C9H17NO. The zero-order chi connectivity index (χ0) is 8.85. The Kier molecular flexibility index (Phi) is 4.79. The summed E-state index contributed by atoms with van der Waals surface area (Å²) in [7, 11) is 1.95. The Balaban J connectivity index is 4.21. The molecule has 0 bridgehead atoms. The summed E-state index contributed by atoms with van der Waals surface area (Å²) >= 11 is 0. The minimum atomic E-state index is -0.0370. The maximum Gasteiger partial charge on any atom is 0.150 e. The van der Waals surface area contributed by atoms with Crippen molar-refractivity contribution in [3.8, 4) is 0 Å². The number of likely N-dealkylation sites (N-methyl/N-ethyl adjacent to an activating group) is 1. The molecule has 0 rings (SSSR count). The van der Waals surface area contributed by atoms with E-state index in [2.05, 4.69) is 0 Å². The van der Waals surface area contributed by atoms with Crippen molar-refractivity contribution in [3.63, 3.8) is 0 Å². The maximum absolute atomic E-state index is 11.0. The minimum absolute atomic E-state index is 0.0370. The molecule has 0 aliphatic heterocycles. The quantitative estimate of drug-likeness (QED) is 0.573. The van der Waals surface area contributed by atoms with Crippen LogP contribution in [0.5, 0.6) is 0 Å². The number of ketones is 1. The van der Waals surface area contributed by atoms with Crippen LogP contribution < -0.4 is 0 Å². The number of hydrogen-bond acceptors (Lipinski definition) is 2. The van der Waals surface area contributed by atoms with Gasteiger partial charge in [0.05, 0.1) is 6.04 Å². The van der Waals surface area contributed by atoms with Crippen LogP contribution in [0, 0.1) is 0 Å². The number of rotatable bonds is 4. The molecule has 2 nitrogen and oxygen atoms in total. The topological polar surface area (TPSA) is 20.3 Å². The molecular weight excluding hydrogens is 138 g/mol. The third-order valence-corrected chi connectivity index (χ3v) is 1.76. The van der Waals surface area contributed by atoms with E-state index in [4.69, 9.17) is 0 Å². The lowest BCUT2D eigenvalue weighted by Gasteiger charge is -2.20. The zero-order valence-corrected chi connectivity index (χ0v) is 7.79. The molecule has 2 heteroatoms. The molecule has 0 amide bonds. The summed E-state index contributed by atoms with van der Waals surface area (Å²) in [6.45, 7) is 6.49. The molecule has 0 aromatic rings. The van der Waals surface area contributed by atoms with Crippen LogP contribution in [0.25, 0.3) is 0 Å². The van der Waals surface area contributed by atoms with E-state index in [0.717, 1.165) is 6.54 Å². The number of nitrogens with zero attached hydrogens (tertiary/aromatic N) is 1. The predicted molar refractivity (Wildman–Crippen MR) is 47.6 cm³/mol. The van der Waals surface area contributed by atoms with Crippen LogP contribution in [0.1, 0.15) is 20.8 Å². The van der Waals surface area contributed by atoms with Gasteiger partial charge in [-0.2, -0.15) is 0 Å². The first-order valence-electron chi connectivity index (χ1n) is 3.97. The molecule has 0 saturated carbocycles. The number of allylic oxidation sites excluding steroid dienone is 1. The van der Waals surface area contributed by atoms with E-state index in [1.165, 1.54) is 0 Å². The van der Waals surface area contributed by atoms with Crippen molar-refractivity contribution in [2.45, 2.75) is 26.8 Å². The molecule has 1 unspecified atom stereocenters. The van der Waals surface area contributed by atoms with Crippen LogP contribution in [0.2, 0.25) is 0 Å². The molecule has 0 saturated heterocycles. The molecule has 0 aromatic carbocycles. The van der Waals surface area contributed by atoms with Gasteiger partial charge >= 0.3 is 0 Å². The van der Waals surface area contributed by atoms with Crippen molar-refractivity contribution in [2.75, 3.05) is 13.6 Å². The van der Waals surface area contributed by atoms with Crippen molar-refractivity contribution in [3.05, 3.63) is 12.2 Å². The Labute approximate surface area is 68.9 Å². The van der Waals surface area contributed by atoms with Crippen molar-refractivity contribution in [1.29, 1.82) is 0 Å². The van der Waals surface area contributed by atoms with E-state index in [0.29, 0.717) is 0 Å². The molecule has 0 N–H and O–H groups in total. The van der Waals surface area contributed by atoms with Crippen LogP contribution >= 0.6 is 0 Å². The number of hydrogen-bond donors (Lipinski definition) is 0. The second-order valence-electron chi connectivity index (χ2n) is 2.65. The summed E-state index contributed by atoms with van der Waals surface area (Å²) in [6.07, 6.45) is 3.84. The summed E-state index contributed by atoms with van der Waals surface area (Å²) in [5.41, 5.74) is 0. The Morgan fingerprint density at radius 1 is 1.64 bits per heavy atom. The summed E-state index contributed by atoms with van der Waals surface area (Å²) in [5, 5.41) is 0. The van der Waals surface area contributed by atoms with Gasteiger partial charge in [-0.3, -0.25) is 9.69 Å². The van der Waals surface area contributed by atoms with Crippen LogP contribution in [0.4, 0.5) is 0 Å². The molecule has 0 aliphatic rings. The number of carbonyl (C=O) groups is 1. The molecule has 0 aliphatic carbocycles. The largest absolute Gasteiger partial charge is 0.298 e. The molecule has 0 spiro atoms. The third-order valence-electron chi connectivity index (χ3n) is 1.76. The highest BCUT2D eigenvalue weighted by atomic mass is 16.1. The summed E-state index contributed by atoms with van der Waals surface area (Å²) in [5.74, 6) is 0.201. The third kappa shape index (κ3) is 3.33. The van der Waals surface area contributed by atoms with E-state index >= 15 is 0 Å². The van der Waals surface area contributed by atoms with Crippen molar-refractivity contribution in [2.24, 2.45) is 0 Å². The number of carbonyl (C=O) groups excluding carboxylic acids is 1. The molecule has 1 atom stereocenters. The highest BCUT2D eigenvalue weighted by Crippen LogP contribution is 1.99. The van der Waals surface area contributed by atoms with E-state index < -0.39 is 0 Å². The van der Waals surface area contributed by atoms with Crippen LogP contribution in [0.3, 0.4) is 0 Å². The fourth-order valence-electron chi connectivity index (χ4n) is 0.972. The average molecular weight is 155 g/mol. The lowest BCUT2D eigenvalue weighted by Crippen LogP contribution is -2.35. The van der Waals surface area contributed by atoms with Gasteiger partial charge in [0.2, 0.25) is 0 Å². The van der Waals surface area contributed by atoms with Gasteiger partial charge in [-0.05, 0) is 27.4 Å². The smallest absolute Gasteiger partial charge is 0.150 e. The van der Waals surface area contributed by atoms with Gasteiger partial charge < -0.3 is 0 Å². The SMILES string of the molecule is C/C=C\C(C(C)=O)N(C)CC. The van der Waals surface area contributed by atoms with Crippen molar-refractivity contribution in [1.82, 2.24) is 4.90 Å². The predicted octanol–water partition coefficient (Wildman–Crippen LogP) is 1.47. The summed E-state index contributed by atoms with van der Waals surface area (Å²) < 4.78 is 0. The van der Waals surface area contributed by atoms with E-state index in [1.54, 1.807) is 6.92 Å². The minimum Gasteiger partial charge on any atom is -0.298 e. The van der Waals surface area contributed by atoms with E-state index in [9.17, 15) is 4.79 Å². The van der Waals surface area contributed by atoms with Gasteiger partial charge in [0.1, 0.15) is 0 Å². The Morgan fingerprint density at radius 3 is 2.45 bits per heavy atom. The van der Waals surface area contributed by atoms with Crippen LogP contribution in [-0.4, -0.2) is 30.3 Å². The monoisotopic (exact) mass is 155 g/mol.